The molecule has 0 saturated heterocycles. The molecule has 0 bridgehead atoms. The Morgan fingerprint density at radius 2 is 2.05 bits per heavy atom. The summed E-state index contributed by atoms with van der Waals surface area (Å²) in [4.78, 5) is 12.0. The fourth-order valence-corrected chi connectivity index (χ4v) is 3.01. The molecule has 2 heteroatoms. The number of hydrogen-bond donors (Lipinski definition) is 0. The van der Waals surface area contributed by atoms with Crippen molar-refractivity contribution in [3.05, 3.63) is 35.9 Å². The Hall–Kier alpha value is -1.15. The van der Waals surface area contributed by atoms with E-state index in [0.717, 1.165) is 25.7 Å². The average molecular weight is 260 g/mol. The lowest BCUT2D eigenvalue weighted by molar-refractivity contribution is -0.129. The lowest BCUT2D eigenvalue weighted by atomic mass is 9.76. The summed E-state index contributed by atoms with van der Waals surface area (Å²) in [7, 11) is 0. The van der Waals surface area contributed by atoms with Crippen LogP contribution in [0, 0.1) is 11.8 Å². The molecule has 1 aromatic rings. The number of hydrogen-bond acceptors (Lipinski definition) is 2. The zero-order chi connectivity index (χ0) is 13.5. The largest absolute Gasteiger partial charge is 0.376 e. The topological polar surface area (TPSA) is 26.3 Å². The molecule has 1 aliphatic carbocycles. The van der Waals surface area contributed by atoms with Crippen molar-refractivity contribution in [3.8, 4) is 0 Å². The molecule has 0 aliphatic heterocycles. The maximum atomic E-state index is 12.0. The zero-order valence-electron chi connectivity index (χ0n) is 11.8. The summed E-state index contributed by atoms with van der Waals surface area (Å²) in [6, 6.07) is 10.2. The average Bonchev–Trinajstić information content (AvgIpc) is 2.43. The monoisotopic (exact) mass is 260 g/mol. The Morgan fingerprint density at radius 3 is 2.79 bits per heavy atom. The number of Topliss-reactive ketones (excluding diaryl/α,β-unsaturated/α-hetero) is 1. The molecular formula is C17H24O2. The van der Waals surface area contributed by atoms with E-state index >= 15 is 0 Å². The van der Waals surface area contributed by atoms with E-state index in [2.05, 4.69) is 19.1 Å². The van der Waals surface area contributed by atoms with Gasteiger partial charge in [0.25, 0.3) is 0 Å². The number of ether oxygens (including phenoxy) is 1. The Bertz CT molecular complexity index is 384. The summed E-state index contributed by atoms with van der Waals surface area (Å²) in [5, 5.41) is 0. The highest BCUT2D eigenvalue weighted by Crippen LogP contribution is 2.31. The fourth-order valence-electron chi connectivity index (χ4n) is 3.01. The Balaban J connectivity index is 1.83. The highest BCUT2D eigenvalue weighted by atomic mass is 16.5. The maximum Gasteiger partial charge on any atom is 0.138 e. The predicted octanol–water partition coefficient (Wildman–Crippen LogP) is 3.99. The minimum absolute atomic E-state index is 0.136. The van der Waals surface area contributed by atoms with Gasteiger partial charge >= 0.3 is 0 Å². The van der Waals surface area contributed by atoms with Gasteiger partial charge in [0.1, 0.15) is 5.78 Å². The molecule has 1 aromatic carbocycles. The van der Waals surface area contributed by atoms with Gasteiger partial charge in [-0.05, 0) is 30.7 Å². The zero-order valence-corrected chi connectivity index (χ0v) is 11.8. The van der Waals surface area contributed by atoms with E-state index in [1.54, 1.807) is 0 Å². The summed E-state index contributed by atoms with van der Waals surface area (Å²) >= 11 is 0. The lowest BCUT2D eigenvalue weighted by Crippen LogP contribution is -2.32. The minimum Gasteiger partial charge on any atom is -0.376 e. The molecule has 0 N–H and O–H groups in total. The summed E-state index contributed by atoms with van der Waals surface area (Å²) in [5.41, 5.74) is 1.18. The molecule has 2 atom stereocenters. The first kappa shape index (κ1) is 14.3. The van der Waals surface area contributed by atoms with Gasteiger partial charge in [0.15, 0.2) is 0 Å². The number of rotatable bonds is 6. The van der Waals surface area contributed by atoms with Crippen molar-refractivity contribution in [2.75, 3.05) is 6.61 Å². The predicted molar refractivity (Wildman–Crippen MR) is 76.8 cm³/mol. The third-order valence-electron chi connectivity index (χ3n) is 4.05. The molecule has 1 aliphatic rings. The number of benzene rings is 1. The van der Waals surface area contributed by atoms with E-state index in [1.807, 2.05) is 18.2 Å². The molecule has 1 fully saturated rings. The van der Waals surface area contributed by atoms with Crippen molar-refractivity contribution >= 4 is 5.78 Å². The van der Waals surface area contributed by atoms with E-state index in [-0.39, 0.29) is 5.92 Å². The molecule has 0 spiro atoms. The van der Waals surface area contributed by atoms with Crippen LogP contribution < -0.4 is 0 Å². The second kappa shape index (κ2) is 7.44. The molecule has 0 heterocycles. The van der Waals surface area contributed by atoms with Gasteiger partial charge in [-0.3, -0.25) is 4.79 Å². The smallest absolute Gasteiger partial charge is 0.138 e. The van der Waals surface area contributed by atoms with Gasteiger partial charge in [-0.1, -0.05) is 43.7 Å². The Labute approximate surface area is 116 Å². The molecule has 0 radical (unpaired) electrons. The normalized spacial score (nSPS) is 23.5. The van der Waals surface area contributed by atoms with Crippen LogP contribution >= 0.6 is 0 Å². The van der Waals surface area contributed by atoms with Crippen molar-refractivity contribution in [3.63, 3.8) is 0 Å². The molecule has 104 valence electrons. The molecule has 19 heavy (non-hydrogen) atoms. The first-order valence-corrected chi connectivity index (χ1v) is 7.45. The van der Waals surface area contributed by atoms with Gasteiger partial charge in [0, 0.05) is 12.3 Å². The van der Waals surface area contributed by atoms with Crippen LogP contribution in [0.3, 0.4) is 0 Å². The van der Waals surface area contributed by atoms with Crippen LogP contribution in [0.2, 0.25) is 0 Å². The second-order valence-electron chi connectivity index (χ2n) is 5.51. The summed E-state index contributed by atoms with van der Waals surface area (Å²) in [5.74, 6) is 1.09. The first-order chi connectivity index (χ1) is 9.31. The molecule has 0 unspecified atom stereocenters. The van der Waals surface area contributed by atoms with E-state index in [4.69, 9.17) is 4.74 Å². The first-order valence-electron chi connectivity index (χ1n) is 7.45. The van der Waals surface area contributed by atoms with E-state index in [1.165, 1.54) is 12.0 Å². The maximum absolute atomic E-state index is 12.0. The van der Waals surface area contributed by atoms with E-state index < -0.39 is 0 Å². The molecule has 2 rings (SSSR count). The van der Waals surface area contributed by atoms with Crippen molar-refractivity contribution in [1.82, 2.24) is 0 Å². The van der Waals surface area contributed by atoms with Crippen LogP contribution in [-0.2, 0) is 16.1 Å². The third-order valence-corrected chi connectivity index (χ3v) is 4.05. The van der Waals surface area contributed by atoms with Gasteiger partial charge in [0.2, 0.25) is 0 Å². The highest BCUT2D eigenvalue weighted by molar-refractivity contribution is 5.82. The number of ketones is 1. The van der Waals surface area contributed by atoms with E-state index in [9.17, 15) is 4.79 Å². The molecular weight excluding hydrogens is 236 g/mol. The van der Waals surface area contributed by atoms with Crippen LogP contribution in [0.15, 0.2) is 30.3 Å². The van der Waals surface area contributed by atoms with Crippen molar-refractivity contribution in [1.29, 1.82) is 0 Å². The number of carbonyl (C=O) groups is 1. The highest BCUT2D eigenvalue weighted by Gasteiger charge is 2.31. The van der Waals surface area contributed by atoms with Gasteiger partial charge in [-0.15, -0.1) is 0 Å². The quantitative estimate of drug-likeness (QED) is 0.773. The Morgan fingerprint density at radius 1 is 1.26 bits per heavy atom. The standard InChI is InChI=1S/C17H24O2/c1-2-7-15-10-6-11-17(18)16(15)13-19-12-14-8-4-3-5-9-14/h3-5,8-9,15-16H,2,6-7,10-13H2,1H3/t15-,16+/m1/s1. The lowest BCUT2D eigenvalue weighted by Gasteiger charge is -2.30. The van der Waals surface area contributed by atoms with Crippen LogP contribution in [-0.4, -0.2) is 12.4 Å². The Kier molecular flexibility index (Phi) is 5.59. The number of carbonyl (C=O) groups excluding carboxylic acids is 1. The summed E-state index contributed by atoms with van der Waals surface area (Å²) in [6.45, 7) is 3.41. The van der Waals surface area contributed by atoms with E-state index in [0.29, 0.717) is 24.9 Å². The molecule has 0 aromatic heterocycles. The van der Waals surface area contributed by atoms with Gasteiger partial charge in [-0.25, -0.2) is 0 Å². The van der Waals surface area contributed by atoms with Crippen LogP contribution in [0.5, 0.6) is 0 Å². The minimum atomic E-state index is 0.136. The molecule has 1 saturated carbocycles. The van der Waals surface area contributed by atoms with Crippen molar-refractivity contribution in [2.24, 2.45) is 11.8 Å². The molecule has 2 nitrogen and oxygen atoms in total. The SMILES string of the molecule is CCC[C@@H]1CCCC(=O)[C@H]1COCc1ccccc1. The van der Waals surface area contributed by atoms with Crippen molar-refractivity contribution < 1.29 is 9.53 Å². The third kappa shape index (κ3) is 4.17. The van der Waals surface area contributed by atoms with Crippen molar-refractivity contribution in [2.45, 2.75) is 45.6 Å². The summed E-state index contributed by atoms with van der Waals surface area (Å²) < 4.78 is 5.79. The van der Waals surface area contributed by atoms with Gasteiger partial charge < -0.3 is 4.74 Å². The van der Waals surface area contributed by atoms with Crippen LogP contribution in [0.1, 0.15) is 44.6 Å². The summed E-state index contributed by atoms with van der Waals surface area (Å²) in [6.07, 6.45) is 5.33. The van der Waals surface area contributed by atoms with Crippen LogP contribution in [0.25, 0.3) is 0 Å². The molecule has 0 amide bonds. The van der Waals surface area contributed by atoms with Gasteiger partial charge in [0.05, 0.1) is 13.2 Å². The second-order valence-corrected chi connectivity index (χ2v) is 5.51. The van der Waals surface area contributed by atoms with Gasteiger partial charge in [-0.2, -0.15) is 0 Å². The van der Waals surface area contributed by atoms with Crippen LogP contribution in [0.4, 0.5) is 0 Å². The fraction of sp³-hybridized carbons (Fsp3) is 0.588.